The number of nitrogens with one attached hydrogen (secondary N) is 1. The van der Waals surface area contributed by atoms with Gasteiger partial charge in [0, 0.05) is 4.47 Å². The summed E-state index contributed by atoms with van der Waals surface area (Å²) in [4.78, 5) is 12.8. The van der Waals surface area contributed by atoms with Crippen LogP contribution < -0.4 is 14.5 Å². The molecule has 0 spiro atoms. The summed E-state index contributed by atoms with van der Waals surface area (Å²) >= 11 is 3.36. The Kier molecular flexibility index (Phi) is 9.45. The Hall–Kier alpha value is -3.17. The Morgan fingerprint density at radius 1 is 1.09 bits per heavy atom. The minimum Gasteiger partial charge on any atom is -0.494 e. The molecule has 0 saturated heterocycles. The van der Waals surface area contributed by atoms with E-state index in [1.54, 1.807) is 36.4 Å². The molecule has 3 aromatic carbocycles. The standard InChI is InChI=1S/C26H28BrN3O4S/c1-3-4-16-34-24-12-10-21(11-13-24)18-28-29-26(31)19-30(23-7-5-6-22(27)17-23)35(32,33)25-14-8-20(2)9-15-25/h5-15,17-18H,3-4,16,19H2,1-2H3,(H,29,31)/b28-18-. The van der Waals surface area contributed by atoms with E-state index in [2.05, 4.69) is 33.4 Å². The summed E-state index contributed by atoms with van der Waals surface area (Å²) in [6.45, 7) is 4.21. The molecule has 0 unspecified atom stereocenters. The van der Waals surface area contributed by atoms with Crippen LogP contribution in [0.3, 0.4) is 0 Å². The maximum atomic E-state index is 13.4. The third kappa shape index (κ3) is 7.66. The van der Waals surface area contributed by atoms with Crippen LogP contribution in [0.5, 0.6) is 5.75 Å². The summed E-state index contributed by atoms with van der Waals surface area (Å²) in [7, 11) is -3.99. The van der Waals surface area contributed by atoms with Crippen molar-refractivity contribution in [3.8, 4) is 5.75 Å². The van der Waals surface area contributed by atoms with Crippen LogP contribution in [0.25, 0.3) is 0 Å². The minimum absolute atomic E-state index is 0.0978. The maximum absolute atomic E-state index is 13.4. The van der Waals surface area contributed by atoms with E-state index < -0.39 is 22.5 Å². The number of benzene rings is 3. The number of halogens is 1. The van der Waals surface area contributed by atoms with E-state index in [9.17, 15) is 13.2 Å². The lowest BCUT2D eigenvalue weighted by Gasteiger charge is -2.24. The first-order chi connectivity index (χ1) is 16.8. The summed E-state index contributed by atoms with van der Waals surface area (Å²) in [5, 5.41) is 3.98. The van der Waals surface area contributed by atoms with Crippen LogP contribution in [0.4, 0.5) is 5.69 Å². The predicted octanol–water partition coefficient (Wildman–Crippen LogP) is 5.28. The van der Waals surface area contributed by atoms with Crippen molar-refractivity contribution in [2.24, 2.45) is 5.10 Å². The Morgan fingerprint density at radius 2 is 1.80 bits per heavy atom. The Bertz CT molecular complexity index is 1260. The number of hydrazone groups is 1. The molecule has 0 aliphatic rings. The van der Waals surface area contributed by atoms with Gasteiger partial charge in [0.25, 0.3) is 15.9 Å². The zero-order valence-corrected chi connectivity index (χ0v) is 22.1. The molecule has 7 nitrogen and oxygen atoms in total. The van der Waals surface area contributed by atoms with E-state index in [1.165, 1.54) is 18.3 Å². The van der Waals surface area contributed by atoms with Gasteiger partial charge in [-0.3, -0.25) is 9.10 Å². The average molecular weight is 558 g/mol. The number of ether oxygens (including phenoxy) is 1. The number of aryl methyl sites for hydroxylation is 1. The lowest BCUT2D eigenvalue weighted by Crippen LogP contribution is -2.39. The Labute approximate surface area is 215 Å². The van der Waals surface area contributed by atoms with Crippen LogP contribution in [0.1, 0.15) is 30.9 Å². The summed E-state index contributed by atoms with van der Waals surface area (Å²) in [6, 6.07) is 20.6. The quantitative estimate of drug-likeness (QED) is 0.197. The van der Waals surface area contributed by atoms with Crippen LogP contribution >= 0.6 is 15.9 Å². The molecule has 0 aromatic heterocycles. The number of nitrogens with zero attached hydrogens (tertiary/aromatic N) is 2. The number of carbonyl (C=O) groups excluding carboxylic acids is 1. The number of unbranched alkanes of at least 4 members (excludes halogenated alkanes) is 1. The van der Waals surface area contributed by atoms with Gasteiger partial charge in [-0.15, -0.1) is 0 Å². The number of rotatable bonds is 11. The normalized spacial score (nSPS) is 11.4. The molecule has 0 bridgehead atoms. The molecule has 0 atom stereocenters. The predicted molar refractivity (Wildman–Crippen MR) is 142 cm³/mol. The van der Waals surface area contributed by atoms with Gasteiger partial charge in [-0.25, -0.2) is 13.8 Å². The van der Waals surface area contributed by atoms with Gasteiger partial charge in [-0.1, -0.05) is 53.0 Å². The molecular formula is C26H28BrN3O4S. The molecule has 0 radical (unpaired) electrons. The van der Waals surface area contributed by atoms with Gasteiger partial charge < -0.3 is 4.74 Å². The van der Waals surface area contributed by atoms with Crippen molar-refractivity contribution in [3.63, 3.8) is 0 Å². The van der Waals surface area contributed by atoms with E-state index in [-0.39, 0.29) is 4.90 Å². The second-order valence-electron chi connectivity index (χ2n) is 7.87. The fourth-order valence-corrected chi connectivity index (χ4v) is 4.91. The molecule has 0 fully saturated rings. The third-order valence-corrected chi connectivity index (χ3v) is 7.32. The van der Waals surface area contributed by atoms with Crippen molar-refractivity contribution in [1.82, 2.24) is 5.43 Å². The molecule has 35 heavy (non-hydrogen) atoms. The van der Waals surface area contributed by atoms with Crippen molar-refractivity contribution >= 4 is 43.8 Å². The maximum Gasteiger partial charge on any atom is 0.264 e. The number of sulfonamides is 1. The summed E-state index contributed by atoms with van der Waals surface area (Å²) in [6.07, 6.45) is 3.55. The fraction of sp³-hybridized carbons (Fsp3) is 0.231. The zero-order valence-electron chi connectivity index (χ0n) is 19.6. The second kappa shape index (κ2) is 12.5. The zero-order chi connectivity index (χ0) is 25.3. The molecule has 1 N–H and O–H groups in total. The van der Waals surface area contributed by atoms with E-state index >= 15 is 0 Å². The molecular weight excluding hydrogens is 530 g/mol. The summed E-state index contributed by atoms with van der Waals surface area (Å²) in [5.41, 5.74) is 4.48. The lowest BCUT2D eigenvalue weighted by atomic mass is 10.2. The van der Waals surface area contributed by atoms with E-state index in [0.29, 0.717) is 16.8 Å². The Morgan fingerprint density at radius 3 is 2.46 bits per heavy atom. The van der Waals surface area contributed by atoms with Crippen molar-refractivity contribution in [1.29, 1.82) is 0 Å². The van der Waals surface area contributed by atoms with Crippen LogP contribution in [0.15, 0.2) is 87.3 Å². The number of amides is 1. The van der Waals surface area contributed by atoms with Gasteiger partial charge in [0.1, 0.15) is 12.3 Å². The van der Waals surface area contributed by atoms with Crippen molar-refractivity contribution in [2.75, 3.05) is 17.5 Å². The van der Waals surface area contributed by atoms with Crippen molar-refractivity contribution in [3.05, 3.63) is 88.4 Å². The van der Waals surface area contributed by atoms with E-state index in [0.717, 1.165) is 34.0 Å². The lowest BCUT2D eigenvalue weighted by molar-refractivity contribution is -0.119. The number of carbonyl (C=O) groups is 1. The number of hydrogen-bond donors (Lipinski definition) is 1. The van der Waals surface area contributed by atoms with Gasteiger partial charge in [0.2, 0.25) is 0 Å². The number of anilines is 1. The first kappa shape index (κ1) is 26.4. The van der Waals surface area contributed by atoms with Gasteiger partial charge in [0.05, 0.1) is 23.4 Å². The summed E-state index contributed by atoms with van der Waals surface area (Å²) < 4.78 is 34.2. The van der Waals surface area contributed by atoms with Crippen LogP contribution in [-0.4, -0.2) is 33.7 Å². The molecule has 3 rings (SSSR count). The SMILES string of the molecule is CCCCOc1ccc(/C=N\NC(=O)CN(c2cccc(Br)c2)S(=O)(=O)c2ccc(C)cc2)cc1. The van der Waals surface area contributed by atoms with Crippen LogP contribution in [0, 0.1) is 6.92 Å². The van der Waals surface area contributed by atoms with E-state index in [4.69, 9.17) is 4.74 Å². The fourth-order valence-electron chi connectivity index (χ4n) is 3.11. The van der Waals surface area contributed by atoms with Crippen LogP contribution in [-0.2, 0) is 14.8 Å². The molecule has 3 aromatic rings. The van der Waals surface area contributed by atoms with Gasteiger partial charge in [0.15, 0.2) is 0 Å². The summed E-state index contributed by atoms with van der Waals surface area (Å²) in [5.74, 6) is 0.196. The van der Waals surface area contributed by atoms with Gasteiger partial charge >= 0.3 is 0 Å². The number of hydrogen-bond acceptors (Lipinski definition) is 5. The molecule has 0 saturated carbocycles. The monoisotopic (exact) mass is 557 g/mol. The topological polar surface area (TPSA) is 88.1 Å². The smallest absolute Gasteiger partial charge is 0.264 e. The van der Waals surface area contributed by atoms with Crippen LogP contribution in [0.2, 0.25) is 0 Å². The minimum atomic E-state index is -3.99. The van der Waals surface area contributed by atoms with Crippen molar-refractivity contribution in [2.45, 2.75) is 31.6 Å². The molecule has 1 amide bonds. The van der Waals surface area contributed by atoms with E-state index in [1.807, 2.05) is 31.2 Å². The Balaban J connectivity index is 1.72. The average Bonchev–Trinajstić information content (AvgIpc) is 2.84. The van der Waals surface area contributed by atoms with Crippen molar-refractivity contribution < 1.29 is 17.9 Å². The molecule has 0 aliphatic carbocycles. The highest BCUT2D eigenvalue weighted by Crippen LogP contribution is 2.26. The third-order valence-electron chi connectivity index (χ3n) is 5.04. The molecule has 9 heteroatoms. The molecule has 0 aliphatic heterocycles. The first-order valence-corrected chi connectivity index (χ1v) is 13.4. The first-order valence-electron chi connectivity index (χ1n) is 11.2. The highest BCUT2D eigenvalue weighted by molar-refractivity contribution is 9.10. The largest absolute Gasteiger partial charge is 0.494 e. The molecule has 0 heterocycles. The highest BCUT2D eigenvalue weighted by Gasteiger charge is 2.27. The molecule has 184 valence electrons. The highest BCUT2D eigenvalue weighted by atomic mass is 79.9. The van der Waals surface area contributed by atoms with Gasteiger partial charge in [-0.2, -0.15) is 5.10 Å². The second-order valence-corrected chi connectivity index (χ2v) is 10.6. The van der Waals surface area contributed by atoms with Gasteiger partial charge in [-0.05, 0) is 73.5 Å².